The van der Waals surface area contributed by atoms with Gasteiger partial charge in [-0.15, -0.1) is 0 Å². The first kappa shape index (κ1) is 17.5. The summed E-state index contributed by atoms with van der Waals surface area (Å²) in [6, 6.07) is 18.7. The van der Waals surface area contributed by atoms with Gasteiger partial charge < -0.3 is 16.0 Å². The van der Waals surface area contributed by atoms with Crippen molar-refractivity contribution < 1.29 is 9.59 Å². The van der Waals surface area contributed by atoms with Gasteiger partial charge in [0.1, 0.15) is 5.54 Å². The predicted molar refractivity (Wildman–Crippen MR) is 96.8 cm³/mol. The van der Waals surface area contributed by atoms with Crippen molar-refractivity contribution >= 4 is 23.2 Å². The molecule has 2 aromatic carbocycles. The molecule has 0 fully saturated rings. The van der Waals surface area contributed by atoms with E-state index in [2.05, 4.69) is 16.0 Å². The second-order valence-corrected chi connectivity index (χ2v) is 5.77. The Morgan fingerprint density at radius 1 is 0.917 bits per heavy atom. The Morgan fingerprint density at radius 3 is 2.00 bits per heavy atom. The molecule has 5 heteroatoms. The highest BCUT2D eigenvalue weighted by molar-refractivity contribution is 5.96. The third kappa shape index (κ3) is 4.84. The van der Waals surface area contributed by atoms with Crippen molar-refractivity contribution in [3.8, 4) is 0 Å². The fourth-order valence-corrected chi connectivity index (χ4v) is 2.23. The lowest BCUT2D eigenvalue weighted by Gasteiger charge is -2.29. The maximum Gasteiger partial charge on any atom is 0.245 e. The summed E-state index contributed by atoms with van der Waals surface area (Å²) in [6.07, 6.45) is 0.591. The zero-order valence-electron chi connectivity index (χ0n) is 14.0. The van der Waals surface area contributed by atoms with Crippen molar-refractivity contribution in [2.45, 2.75) is 25.8 Å². The molecule has 0 saturated carbocycles. The van der Waals surface area contributed by atoms with Crippen LogP contribution in [0.15, 0.2) is 60.7 Å². The zero-order valence-corrected chi connectivity index (χ0v) is 14.0. The van der Waals surface area contributed by atoms with Crippen molar-refractivity contribution in [1.82, 2.24) is 5.32 Å². The quantitative estimate of drug-likeness (QED) is 0.733. The van der Waals surface area contributed by atoms with E-state index in [4.69, 9.17) is 0 Å². The van der Waals surface area contributed by atoms with Crippen molar-refractivity contribution in [1.29, 1.82) is 0 Å². The van der Waals surface area contributed by atoms with E-state index in [0.717, 1.165) is 5.69 Å². The summed E-state index contributed by atoms with van der Waals surface area (Å²) in [4.78, 5) is 24.4. The van der Waals surface area contributed by atoms with Crippen LogP contribution in [-0.4, -0.2) is 23.9 Å². The standard InChI is InChI=1S/C19H23N3O2/c1-3-19(2,22-16-12-8-5-9-13-16)18(24)20-14-17(23)21-15-10-6-4-7-11-15/h4-13,22H,3,14H2,1-2H3,(H,20,24)(H,21,23). The van der Waals surface area contributed by atoms with Gasteiger partial charge in [-0.3, -0.25) is 9.59 Å². The van der Waals surface area contributed by atoms with Gasteiger partial charge in [-0.25, -0.2) is 0 Å². The number of benzene rings is 2. The van der Waals surface area contributed by atoms with E-state index in [9.17, 15) is 9.59 Å². The van der Waals surface area contributed by atoms with Crippen LogP contribution in [0.5, 0.6) is 0 Å². The van der Waals surface area contributed by atoms with Gasteiger partial charge in [0.2, 0.25) is 11.8 Å². The van der Waals surface area contributed by atoms with E-state index in [1.54, 1.807) is 12.1 Å². The van der Waals surface area contributed by atoms with Gasteiger partial charge in [-0.2, -0.15) is 0 Å². The number of nitrogens with one attached hydrogen (secondary N) is 3. The number of anilines is 2. The highest BCUT2D eigenvalue weighted by Gasteiger charge is 2.31. The SMILES string of the molecule is CCC(C)(Nc1ccccc1)C(=O)NCC(=O)Nc1ccccc1. The predicted octanol–water partition coefficient (Wildman–Crippen LogP) is 3.02. The lowest BCUT2D eigenvalue weighted by atomic mass is 9.97. The summed E-state index contributed by atoms with van der Waals surface area (Å²) < 4.78 is 0. The highest BCUT2D eigenvalue weighted by atomic mass is 16.2. The molecule has 2 aromatic rings. The molecule has 0 radical (unpaired) electrons. The number of rotatable bonds is 7. The molecule has 2 amide bonds. The molecule has 0 bridgehead atoms. The van der Waals surface area contributed by atoms with Crippen LogP contribution >= 0.6 is 0 Å². The van der Waals surface area contributed by atoms with Gasteiger partial charge in [0.05, 0.1) is 6.54 Å². The van der Waals surface area contributed by atoms with Crippen LogP contribution in [-0.2, 0) is 9.59 Å². The molecule has 0 saturated heterocycles. The lowest BCUT2D eigenvalue weighted by Crippen LogP contribution is -2.51. The highest BCUT2D eigenvalue weighted by Crippen LogP contribution is 2.18. The molecule has 24 heavy (non-hydrogen) atoms. The number of hydrogen-bond donors (Lipinski definition) is 3. The van der Waals surface area contributed by atoms with E-state index in [-0.39, 0.29) is 18.4 Å². The minimum Gasteiger partial charge on any atom is -0.371 e. The van der Waals surface area contributed by atoms with Crippen LogP contribution in [0.2, 0.25) is 0 Å². The number of para-hydroxylation sites is 2. The van der Waals surface area contributed by atoms with Crippen LogP contribution in [0.1, 0.15) is 20.3 Å². The van der Waals surface area contributed by atoms with Crippen molar-refractivity contribution in [3.05, 3.63) is 60.7 Å². The maximum atomic E-state index is 12.5. The Labute approximate surface area is 142 Å². The molecule has 5 nitrogen and oxygen atoms in total. The minimum atomic E-state index is -0.783. The molecule has 0 spiro atoms. The largest absolute Gasteiger partial charge is 0.371 e. The van der Waals surface area contributed by atoms with Gasteiger partial charge in [0.15, 0.2) is 0 Å². The van der Waals surface area contributed by atoms with E-state index < -0.39 is 5.54 Å². The minimum absolute atomic E-state index is 0.0697. The molecule has 0 aliphatic heterocycles. The monoisotopic (exact) mass is 325 g/mol. The Kier molecular flexibility index (Phi) is 5.95. The summed E-state index contributed by atoms with van der Waals surface area (Å²) >= 11 is 0. The molecule has 1 unspecified atom stereocenters. The van der Waals surface area contributed by atoms with Crippen molar-refractivity contribution in [2.24, 2.45) is 0 Å². The topological polar surface area (TPSA) is 70.2 Å². The molecule has 126 valence electrons. The van der Waals surface area contributed by atoms with Crippen LogP contribution in [0.25, 0.3) is 0 Å². The van der Waals surface area contributed by atoms with Crippen LogP contribution < -0.4 is 16.0 Å². The lowest BCUT2D eigenvalue weighted by molar-refractivity contribution is -0.127. The van der Waals surface area contributed by atoms with Crippen molar-refractivity contribution in [2.75, 3.05) is 17.2 Å². The second kappa shape index (κ2) is 8.15. The smallest absolute Gasteiger partial charge is 0.245 e. The molecule has 2 rings (SSSR count). The summed E-state index contributed by atoms with van der Waals surface area (Å²) in [6.45, 7) is 3.68. The fourth-order valence-electron chi connectivity index (χ4n) is 2.23. The van der Waals surface area contributed by atoms with Crippen LogP contribution in [0.3, 0.4) is 0 Å². The fraction of sp³-hybridized carbons (Fsp3) is 0.263. The molecule has 1 atom stereocenters. The Balaban J connectivity index is 1.90. The molecule has 3 N–H and O–H groups in total. The first-order valence-corrected chi connectivity index (χ1v) is 8.00. The molecule has 0 aliphatic rings. The van der Waals surface area contributed by atoms with Gasteiger partial charge in [-0.1, -0.05) is 43.3 Å². The zero-order chi connectivity index (χ0) is 17.4. The van der Waals surface area contributed by atoms with Crippen molar-refractivity contribution in [3.63, 3.8) is 0 Å². The van der Waals surface area contributed by atoms with E-state index in [0.29, 0.717) is 12.1 Å². The molecular weight excluding hydrogens is 302 g/mol. The number of carbonyl (C=O) groups excluding carboxylic acids is 2. The van der Waals surface area contributed by atoms with Gasteiger partial charge in [0, 0.05) is 11.4 Å². The average Bonchev–Trinajstić information content (AvgIpc) is 2.61. The van der Waals surface area contributed by atoms with Gasteiger partial charge in [-0.05, 0) is 37.6 Å². The van der Waals surface area contributed by atoms with E-state index >= 15 is 0 Å². The molecule has 0 aliphatic carbocycles. The number of amides is 2. The molecular formula is C19H23N3O2. The molecule has 0 aromatic heterocycles. The summed E-state index contributed by atoms with van der Waals surface area (Å²) in [5.74, 6) is -0.468. The third-order valence-electron chi connectivity index (χ3n) is 3.87. The summed E-state index contributed by atoms with van der Waals surface area (Å²) in [7, 11) is 0. The molecule has 0 heterocycles. The number of hydrogen-bond acceptors (Lipinski definition) is 3. The number of carbonyl (C=O) groups is 2. The van der Waals surface area contributed by atoms with E-state index in [1.165, 1.54) is 0 Å². The first-order valence-electron chi connectivity index (χ1n) is 8.00. The third-order valence-corrected chi connectivity index (χ3v) is 3.87. The summed E-state index contributed by atoms with van der Waals surface area (Å²) in [5, 5.41) is 8.68. The second-order valence-electron chi connectivity index (χ2n) is 5.77. The summed E-state index contributed by atoms with van der Waals surface area (Å²) in [5.41, 5.74) is 0.789. The Bertz CT molecular complexity index is 674. The normalized spacial score (nSPS) is 12.8. The maximum absolute atomic E-state index is 12.5. The van der Waals surface area contributed by atoms with Gasteiger partial charge in [0.25, 0.3) is 0 Å². The van der Waals surface area contributed by atoms with Gasteiger partial charge >= 0.3 is 0 Å². The Morgan fingerprint density at radius 2 is 1.46 bits per heavy atom. The first-order chi connectivity index (χ1) is 11.5. The Hall–Kier alpha value is -2.82. The average molecular weight is 325 g/mol. The van der Waals surface area contributed by atoms with E-state index in [1.807, 2.05) is 62.4 Å². The van der Waals surface area contributed by atoms with Crippen LogP contribution in [0, 0.1) is 0 Å². The van der Waals surface area contributed by atoms with Crippen LogP contribution in [0.4, 0.5) is 11.4 Å².